The maximum atomic E-state index is 4.23. The predicted octanol–water partition coefficient (Wildman–Crippen LogP) is 4.27. The summed E-state index contributed by atoms with van der Waals surface area (Å²) < 4.78 is 0. The third kappa shape index (κ3) is 2.21. The SMILES string of the molecule is Cc1cccc(/C=C2\CCCc3cnccc32)c1. The van der Waals surface area contributed by atoms with Gasteiger partial charge in [0.15, 0.2) is 0 Å². The molecule has 1 aromatic carbocycles. The van der Waals surface area contributed by atoms with Crippen molar-refractivity contribution in [2.24, 2.45) is 0 Å². The lowest BCUT2D eigenvalue weighted by Gasteiger charge is -2.18. The summed E-state index contributed by atoms with van der Waals surface area (Å²) in [5.74, 6) is 0. The molecule has 0 amide bonds. The highest BCUT2D eigenvalue weighted by molar-refractivity contribution is 5.83. The van der Waals surface area contributed by atoms with Crippen LogP contribution in [0.15, 0.2) is 42.7 Å². The van der Waals surface area contributed by atoms with E-state index in [1.165, 1.54) is 40.7 Å². The summed E-state index contributed by atoms with van der Waals surface area (Å²) >= 11 is 0. The number of allylic oxidation sites excluding steroid dienone is 1. The molecule has 3 rings (SSSR count). The number of aromatic nitrogens is 1. The van der Waals surface area contributed by atoms with Gasteiger partial charge in [0.2, 0.25) is 0 Å². The Morgan fingerprint density at radius 3 is 3.00 bits per heavy atom. The number of benzene rings is 1. The van der Waals surface area contributed by atoms with Gasteiger partial charge in [0, 0.05) is 12.4 Å². The van der Waals surface area contributed by atoms with E-state index in [2.05, 4.69) is 48.3 Å². The van der Waals surface area contributed by atoms with Crippen LogP contribution < -0.4 is 0 Å². The van der Waals surface area contributed by atoms with Crippen LogP contribution >= 0.6 is 0 Å². The first-order valence-corrected chi connectivity index (χ1v) is 6.53. The standard InChI is InChI=1S/C17H17N/c1-13-4-2-5-14(10-13)11-15-6-3-7-16-12-18-9-8-17(15)16/h2,4-5,8-12H,3,6-7H2,1H3/b15-11+. The lowest BCUT2D eigenvalue weighted by Crippen LogP contribution is -2.02. The number of nitrogens with zero attached hydrogens (tertiary/aromatic N) is 1. The van der Waals surface area contributed by atoms with Crippen LogP contribution in [0, 0.1) is 6.92 Å². The summed E-state index contributed by atoms with van der Waals surface area (Å²) in [7, 11) is 0. The topological polar surface area (TPSA) is 12.9 Å². The van der Waals surface area contributed by atoms with Crippen molar-refractivity contribution in [3.05, 3.63) is 65.0 Å². The van der Waals surface area contributed by atoms with Gasteiger partial charge in [-0.2, -0.15) is 0 Å². The maximum Gasteiger partial charge on any atom is 0.0305 e. The zero-order valence-corrected chi connectivity index (χ0v) is 10.7. The highest BCUT2D eigenvalue weighted by Crippen LogP contribution is 2.31. The van der Waals surface area contributed by atoms with Gasteiger partial charge in [-0.05, 0) is 54.5 Å². The minimum Gasteiger partial charge on any atom is -0.264 e. The van der Waals surface area contributed by atoms with Crippen molar-refractivity contribution >= 4 is 11.6 Å². The molecule has 0 atom stereocenters. The second-order valence-electron chi connectivity index (χ2n) is 4.97. The largest absolute Gasteiger partial charge is 0.264 e. The average Bonchev–Trinajstić information content (AvgIpc) is 2.39. The summed E-state index contributed by atoms with van der Waals surface area (Å²) in [4.78, 5) is 4.23. The molecule has 1 heteroatoms. The molecule has 2 aromatic rings. The monoisotopic (exact) mass is 235 g/mol. The molecule has 1 nitrogen and oxygen atoms in total. The molecule has 90 valence electrons. The molecule has 0 aliphatic heterocycles. The van der Waals surface area contributed by atoms with E-state index < -0.39 is 0 Å². The third-order valence-electron chi connectivity index (χ3n) is 3.52. The second kappa shape index (κ2) is 4.77. The van der Waals surface area contributed by atoms with Gasteiger partial charge in [-0.3, -0.25) is 4.98 Å². The summed E-state index contributed by atoms with van der Waals surface area (Å²) in [6.07, 6.45) is 9.80. The minimum atomic E-state index is 1.16. The lowest BCUT2D eigenvalue weighted by molar-refractivity contribution is 0.818. The fourth-order valence-corrected chi connectivity index (χ4v) is 2.65. The summed E-state index contributed by atoms with van der Waals surface area (Å²) in [5.41, 5.74) is 6.84. The number of pyridine rings is 1. The van der Waals surface area contributed by atoms with Crippen LogP contribution in [0.1, 0.15) is 35.1 Å². The van der Waals surface area contributed by atoms with E-state index in [0.717, 1.165) is 6.42 Å². The molecule has 0 N–H and O–H groups in total. The number of hydrogen-bond donors (Lipinski definition) is 0. The van der Waals surface area contributed by atoms with Gasteiger partial charge in [0.1, 0.15) is 0 Å². The third-order valence-corrected chi connectivity index (χ3v) is 3.52. The fraction of sp³-hybridized carbons (Fsp3) is 0.235. The Hall–Kier alpha value is -1.89. The number of aryl methyl sites for hydroxylation is 2. The van der Waals surface area contributed by atoms with Gasteiger partial charge in [-0.25, -0.2) is 0 Å². The van der Waals surface area contributed by atoms with Crippen LogP contribution in [-0.2, 0) is 6.42 Å². The molecule has 0 radical (unpaired) electrons. The van der Waals surface area contributed by atoms with Crippen LogP contribution in [0.4, 0.5) is 0 Å². The van der Waals surface area contributed by atoms with Crippen molar-refractivity contribution in [2.75, 3.05) is 0 Å². The summed E-state index contributed by atoms with van der Waals surface area (Å²) in [6, 6.07) is 10.8. The summed E-state index contributed by atoms with van der Waals surface area (Å²) in [6.45, 7) is 2.14. The fourth-order valence-electron chi connectivity index (χ4n) is 2.65. The molecule has 0 saturated heterocycles. The summed E-state index contributed by atoms with van der Waals surface area (Å²) in [5, 5.41) is 0. The van der Waals surface area contributed by atoms with E-state index >= 15 is 0 Å². The number of fused-ring (bicyclic) bond motifs is 1. The van der Waals surface area contributed by atoms with Gasteiger partial charge >= 0.3 is 0 Å². The Morgan fingerprint density at radius 2 is 2.11 bits per heavy atom. The Morgan fingerprint density at radius 1 is 1.17 bits per heavy atom. The van der Waals surface area contributed by atoms with Crippen molar-refractivity contribution < 1.29 is 0 Å². The first-order valence-electron chi connectivity index (χ1n) is 6.53. The van der Waals surface area contributed by atoms with Crippen LogP contribution in [-0.4, -0.2) is 4.98 Å². The maximum absolute atomic E-state index is 4.23. The van der Waals surface area contributed by atoms with E-state index in [-0.39, 0.29) is 0 Å². The van der Waals surface area contributed by atoms with E-state index in [0.29, 0.717) is 0 Å². The first-order chi connectivity index (χ1) is 8.83. The normalized spacial score (nSPS) is 16.6. The van der Waals surface area contributed by atoms with E-state index in [9.17, 15) is 0 Å². The van der Waals surface area contributed by atoms with Gasteiger partial charge in [0.25, 0.3) is 0 Å². The smallest absolute Gasteiger partial charge is 0.0305 e. The Labute approximate surface area is 108 Å². The molecular formula is C17H17N. The Balaban J connectivity index is 2.03. The van der Waals surface area contributed by atoms with Gasteiger partial charge in [-0.15, -0.1) is 0 Å². The van der Waals surface area contributed by atoms with Crippen molar-refractivity contribution in [3.63, 3.8) is 0 Å². The number of rotatable bonds is 1. The minimum absolute atomic E-state index is 1.16. The molecule has 1 aliphatic carbocycles. The van der Waals surface area contributed by atoms with Crippen LogP contribution in [0.3, 0.4) is 0 Å². The van der Waals surface area contributed by atoms with E-state index in [1.54, 1.807) is 0 Å². The highest BCUT2D eigenvalue weighted by atomic mass is 14.6. The van der Waals surface area contributed by atoms with Crippen molar-refractivity contribution in [1.29, 1.82) is 0 Å². The van der Waals surface area contributed by atoms with Crippen LogP contribution in [0.25, 0.3) is 11.6 Å². The molecule has 1 aliphatic rings. The van der Waals surface area contributed by atoms with Crippen molar-refractivity contribution in [3.8, 4) is 0 Å². The van der Waals surface area contributed by atoms with E-state index in [4.69, 9.17) is 0 Å². The molecule has 0 fully saturated rings. The Kier molecular flexibility index (Phi) is 2.97. The quantitative estimate of drug-likeness (QED) is 0.719. The van der Waals surface area contributed by atoms with Crippen molar-refractivity contribution in [1.82, 2.24) is 4.98 Å². The van der Waals surface area contributed by atoms with Gasteiger partial charge in [0.05, 0.1) is 0 Å². The molecular weight excluding hydrogens is 218 g/mol. The average molecular weight is 235 g/mol. The van der Waals surface area contributed by atoms with Crippen molar-refractivity contribution in [2.45, 2.75) is 26.2 Å². The zero-order valence-electron chi connectivity index (χ0n) is 10.7. The first kappa shape index (κ1) is 11.2. The molecule has 0 bridgehead atoms. The van der Waals surface area contributed by atoms with Gasteiger partial charge in [-0.1, -0.05) is 35.9 Å². The lowest BCUT2D eigenvalue weighted by atomic mass is 9.87. The van der Waals surface area contributed by atoms with Gasteiger partial charge < -0.3 is 0 Å². The van der Waals surface area contributed by atoms with E-state index in [1.807, 2.05) is 12.4 Å². The molecule has 0 unspecified atom stereocenters. The molecule has 0 spiro atoms. The zero-order chi connectivity index (χ0) is 12.4. The molecule has 0 saturated carbocycles. The van der Waals surface area contributed by atoms with Crippen LogP contribution in [0.5, 0.6) is 0 Å². The second-order valence-corrected chi connectivity index (χ2v) is 4.97. The Bertz CT molecular complexity index is 596. The molecule has 1 aromatic heterocycles. The molecule has 1 heterocycles. The molecule has 18 heavy (non-hydrogen) atoms. The number of hydrogen-bond acceptors (Lipinski definition) is 1. The predicted molar refractivity (Wildman–Crippen MR) is 76.2 cm³/mol. The van der Waals surface area contributed by atoms with Crippen LogP contribution in [0.2, 0.25) is 0 Å². The highest BCUT2D eigenvalue weighted by Gasteiger charge is 2.13.